The van der Waals surface area contributed by atoms with E-state index in [0.29, 0.717) is 51.0 Å². The number of alkyl halides is 3. The molecule has 2 aromatic heterocycles. The number of aromatic nitrogens is 2. The van der Waals surface area contributed by atoms with Gasteiger partial charge in [-0.2, -0.15) is 13.2 Å². The van der Waals surface area contributed by atoms with Crippen LogP contribution >= 0.6 is 0 Å². The Morgan fingerprint density at radius 1 is 0.667 bits per heavy atom. The number of hydrogen-bond donors (Lipinski definition) is 0. The minimum absolute atomic E-state index is 0.0452. The molecule has 0 N–H and O–H groups in total. The van der Waals surface area contributed by atoms with E-state index in [1.807, 2.05) is 31.2 Å². The second-order valence-corrected chi connectivity index (χ2v) is 9.68. The molecule has 0 bridgehead atoms. The number of ether oxygens (including phenoxy) is 1. The van der Waals surface area contributed by atoms with E-state index in [2.05, 4.69) is 9.97 Å². The van der Waals surface area contributed by atoms with Crippen LogP contribution in [0.2, 0.25) is 0 Å². The maximum atomic E-state index is 14.7. The zero-order valence-electron chi connectivity index (χ0n) is 21.3. The molecule has 1 unspecified atom stereocenters. The van der Waals surface area contributed by atoms with Gasteiger partial charge in [0.05, 0.1) is 0 Å². The SMILES string of the molecule is Cc1ccc(Oc2ccc(-c3nc4cc(C(C)(c5ccc6oc(C)nc6c5)C(F)(F)F)ccc4o3)cc2)cc1. The number of aryl methyl sites for hydroxylation is 2. The van der Waals surface area contributed by atoms with Crippen molar-refractivity contribution in [2.45, 2.75) is 32.4 Å². The lowest BCUT2D eigenvalue weighted by Gasteiger charge is -2.33. The number of nitrogens with zero attached hydrogens (tertiary/aromatic N) is 2. The molecular formula is C31H23F3N2O3. The number of benzene rings is 4. The van der Waals surface area contributed by atoms with Gasteiger partial charge in [0.15, 0.2) is 17.1 Å². The van der Waals surface area contributed by atoms with Crippen LogP contribution in [-0.2, 0) is 5.41 Å². The topological polar surface area (TPSA) is 61.3 Å². The molecule has 0 spiro atoms. The van der Waals surface area contributed by atoms with Crippen molar-refractivity contribution in [3.05, 3.63) is 108 Å². The molecule has 6 aromatic rings. The molecule has 0 radical (unpaired) electrons. The summed E-state index contributed by atoms with van der Waals surface area (Å²) in [5, 5.41) is 0. The summed E-state index contributed by atoms with van der Waals surface area (Å²) in [4.78, 5) is 8.72. The quantitative estimate of drug-likeness (QED) is 0.224. The van der Waals surface area contributed by atoms with E-state index in [1.54, 1.807) is 31.2 Å². The van der Waals surface area contributed by atoms with E-state index in [9.17, 15) is 13.2 Å². The highest BCUT2D eigenvalue weighted by Crippen LogP contribution is 2.47. The molecule has 4 aromatic carbocycles. The molecule has 6 rings (SSSR count). The minimum Gasteiger partial charge on any atom is -0.457 e. The van der Waals surface area contributed by atoms with Crippen molar-refractivity contribution in [1.29, 1.82) is 0 Å². The van der Waals surface area contributed by atoms with Gasteiger partial charge in [-0.15, -0.1) is 0 Å². The third kappa shape index (κ3) is 4.41. The molecule has 0 amide bonds. The zero-order valence-corrected chi connectivity index (χ0v) is 21.3. The third-order valence-electron chi connectivity index (χ3n) is 6.96. The second kappa shape index (κ2) is 9.01. The largest absolute Gasteiger partial charge is 0.457 e. The predicted molar refractivity (Wildman–Crippen MR) is 142 cm³/mol. The van der Waals surface area contributed by atoms with Crippen LogP contribution in [0, 0.1) is 13.8 Å². The number of fused-ring (bicyclic) bond motifs is 2. The minimum atomic E-state index is -4.59. The lowest BCUT2D eigenvalue weighted by Crippen LogP contribution is -2.40. The van der Waals surface area contributed by atoms with Crippen LogP contribution in [0.15, 0.2) is 93.8 Å². The first kappa shape index (κ1) is 24.7. The fraction of sp³-hybridized carbons (Fsp3) is 0.161. The monoisotopic (exact) mass is 528 g/mol. The van der Waals surface area contributed by atoms with E-state index in [0.717, 1.165) is 12.5 Å². The van der Waals surface area contributed by atoms with E-state index >= 15 is 0 Å². The lowest BCUT2D eigenvalue weighted by molar-refractivity contribution is -0.173. The van der Waals surface area contributed by atoms with Gasteiger partial charge in [0.1, 0.15) is 27.9 Å². The lowest BCUT2D eigenvalue weighted by atomic mass is 9.75. The van der Waals surface area contributed by atoms with Crippen molar-refractivity contribution in [2.24, 2.45) is 0 Å². The van der Waals surface area contributed by atoms with Crippen molar-refractivity contribution in [3.8, 4) is 23.0 Å². The Labute approximate surface area is 221 Å². The first-order valence-corrected chi connectivity index (χ1v) is 12.3. The number of oxazole rings is 2. The maximum absolute atomic E-state index is 14.7. The Bertz CT molecular complexity index is 1800. The highest BCUT2D eigenvalue weighted by Gasteiger charge is 2.53. The summed E-state index contributed by atoms with van der Waals surface area (Å²) in [6.45, 7) is 4.82. The summed E-state index contributed by atoms with van der Waals surface area (Å²) >= 11 is 0. The predicted octanol–water partition coefficient (Wildman–Crippen LogP) is 8.91. The van der Waals surface area contributed by atoms with Gasteiger partial charge in [-0.05, 0) is 85.6 Å². The smallest absolute Gasteiger partial charge is 0.402 e. The summed E-state index contributed by atoms with van der Waals surface area (Å²) in [5.41, 5.74) is 1.14. The van der Waals surface area contributed by atoms with Crippen LogP contribution in [0.5, 0.6) is 11.5 Å². The molecule has 0 aliphatic heterocycles. The molecule has 196 valence electrons. The Morgan fingerprint density at radius 2 is 1.21 bits per heavy atom. The van der Waals surface area contributed by atoms with E-state index in [-0.39, 0.29) is 11.1 Å². The highest BCUT2D eigenvalue weighted by molar-refractivity contribution is 5.78. The summed E-state index contributed by atoms with van der Waals surface area (Å²) in [6.07, 6.45) is -4.59. The molecule has 5 nitrogen and oxygen atoms in total. The second-order valence-electron chi connectivity index (χ2n) is 9.68. The zero-order chi connectivity index (χ0) is 27.4. The molecule has 0 fully saturated rings. The van der Waals surface area contributed by atoms with Crippen LogP contribution in [0.3, 0.4) is 0 Å². The van der Waals surface area contributed by atoms with Crippen LogP contribution < -0.4 is 4.74 Å². The van der Waals surface area contributed by atoms with Crippen molar-refractivity contribution < 1.29 is 26.7 Å². The first-order chi connectivity index (χ1) is 18.6. The maximum Gasteiger partial charge on any atom is 0.402 e. The molecule has 8 heteroatoms. The molecule has 0 saturated heterocycles. The average Bonchev–Trinajstić information content (AvgIpc) is 3.51. The molecule has 0 saturated carbocycles. The van der Waals surface area contributed by atoms with Gasteiger partial charge in [0.2, 0.25) is 5.89 Å². The van der Waals surface area contributed by atoms with Gasteiger partial charge in [-0.1, -0.05) is 29.8 Å². The van der Waals surface area contributed by atoms with Crippen LogP contribution in [-0.4, -0.2) is 16.1 Å². The van der Waals surface area contributed by atoms with Crippen LogP contribution in [0.4, 0.5) is 13.2 Å². The third-order valence-corrected chi connectivity index (χ3v) is 6.96. The van der Waals surface area contributed by atoms with E-state index in [1.165, 1.54) is 36.4 Å². The van der Waals surface area contributed by atoms with Gasteiger partial charge in [-0.3, -0.25) is 0 Å². The van der Waals surface area contributed by atoms with E-state index < -0.39 is 11.6 Å². The van der Waals surface area contributed by atoms with Gasteiger partial charge in [-0.25, -0.2) is 9.97 Å². The van der Waals surface area contributed by atoms with Crippen LogP contribution in [0.25, 0.3) is 33.7 Å². The van der Waals surface area contributed by atoms with Gasteiger partial charge < -0.3 is 13.6 Å². The van der Waals surface area contributed by atoms with Crippen LogP contribution in [0.1, 0.15) is 29.5 Å². The standard InChI is InChI=1S/C31H23F3N2O3/c1-18-4-10-23(11-5-18)38-24-12-6-20(7-13-24)29-36-26-17-22(9-15-28(26)39-29)30(3,31(32,33)34)21-8-14-27-25(16-21)35-19(2)37-27/h4-17H,1-3H3. The first-order valence-electron chi connectivity index (χ1n) is 12.3. The summed E-state index contributed by atoms with van der Waals surface area (Å²) in [6, 6.07) is 23.7. The molecular weight excluding hydrogens is 505 g/mol. The average molecular weight is 529 g/mol. The highest BCUT2D eigenvalue weighted by atomic mass is 19.4. The Morgan fingerprint density at radius 3 is 1.79 bits per heavy atom. The fourth-order valence-corrected chi connectivity index (χ4v) is 4.62. The summed E-state index contributed by atoms with van der Waals surface area (Å²) in [5.74, 6) is 2.05. The molecule has 2 heterocycles. The molecule has 0 aliphatic carbocycles. The Hall–Kier alpha value is -4.59. The molecule has 0 aliphatic rings. The van der Waals surface area contributed by atoms with Crippen molar-refractivity contribution in [2.75, 3.05) is 0 Å². The fourth-order valence-electron chi connectivity index (χ4n) is 4.62. The van der Waals surface area contributed by atoms with Crippen molar-refractivity contribution >= 4 is 22.2 Å². The summed E-state index contributed by atoms with van der Waals surface area (Å²) in [7, 11) is 0. The van der Waals surface area contributed by atoms with Gasteiger partial charge in [0.25, 0.3) is 0 Å². The van der Waals surface area contributed by atoms with E-state index in [4.69, 9.17) is 13.6 Å². The Balaban J connectivity index is 1.34. The van der Waals surface area contributed by atoms with Crippen molar-refractivity contribution in [1.82, 2.24) is 9.97 Å². The Kier molecular flexibility index (Phi) is 5.71. The number of hydrogen-bond acceptors (Lipinski definition) is 5. The number of halogens is 3. The van der Waals surface area contributed by atoms with Crippen molar-refractivity contribution in [3.63, 3.8) is 0 Å². The van der Waals surface area contributed by atoms with Gasteiger partial charge >= 0.3 is 6.18 Å². The van der Waals surface area contributed by atoms with Gasteiger partial charge in [0, 0.05) is 12.5 Å². The normalized spacial score (nSPS) is 13.6. The number of rotatable bonds is 5. The molecule has 1 atom stereocenters. The summed E-state index contributed by atoms with van der Waals surface area (Å²) < 4.78 is 61.2. The molecule has 39 heavy (non-hydrogen) atoms.